The predicted molar refractivity (Wildman–Crippen MR) is 71.7 cm³/mol. The van der Waals surface area contributed by atoms with Crippen LogP contribution in [0.1, 0.15) is 28.9 Å². The lowest BCUT2D eigenvalue weighted by molar-refractivity contribution is -0.141. The molecule has 20 heavy (non-hydrogen) atoms. The maximum atomic E-state index is 12.6. The second-order valence-corrected chi connectivity index (χ2v) is 5.88. The largest absolute Gasteiger partial charge is 0.433 e. The first-order valence-electron chi connectivity index (χ1n) is 6.11. The molecule has 2 heterocycles. The van der Waals surface area contributed by atoms with Crippen molar-refractivity contribution in [2.45, 2.75) is 24.3 Å². The standard InChI is InChI=1S/C12H14F3N3OS/c13-12(14,15)9-4-3-8(10(16)19)11(18-9)17-6-7-2-1-5-20-7/h3-4,7H,1-2,5-6H2,(H2,16,19)(H,17,18). The predicted octanol–water partition coefficient (Wildman–Crippen LogP) is 2.51. The molecule has 0 saturated carbocycles. The number of pyridine rings is 1. The van der Waals surface area contributed by atoms with E-state index in [4.69, 9.17) is 5.73 Å². The zero-order valence-corrected chi connectivity index (χ0v) is 11.4. The van der Waals surface area contributed by atoms with E-state index in [0.29, 0.717) is 11.8 Å². The van der Waals surface area contributed by atoms with Crippen molar-refractivity contribution in [2.24, 2.45) is 5.73 Å². The van der Waals surface area contributed by atoms with Crippen molar-refractivity contribution in [3.05, 3.63) is 23.4 Å². The van der Waals surface area contributed by atoms with Gasteiger partial charge in [0.15, 0.2) is 0 Å². The fourth-order valence-electron chi connectivity index (χ4n) is 1.97. The minimum absolute atomic E-state index is 0.0269. The molecule has 1 unspecified atom stereocenters. The summed E-state index contributed by atoms with van der Waals surface area (Å²) in [5.74, 6) is 0.151. The topological polar surface area (TPSA) is 68.0 Å². The van der Waals surface area contributed by atoms with Crippen molar-refractivity contribution >= 4 is 23.5 Å². The average Bonchev–Trinajstić information content (AvgIpc) is 2.87. The van der Waals surface area contributed by atoms with Crippen LogP contribution in [-0.4, -0.2) is 28.4 Å². The van der Waals surface area contributed by atoms with Crippen LogP contribution in [0.4, 0.5) is 19.0 Å². The summed E-state index contributed by atoms with van der Waals surface area (Å²) in [6, 6.07) is 1.82. The van der Waals surface area contributed by atoms with E-state index in [2.05, 4.69) is 10.3 Å². The summed E-state index contributed by atoms with van der Waals surface area (Å²) in [7, 11) is 0. The summed E-state index contributed by atoms with van der Waals surface area (Å²) in [6.07, 6.45) is -2.45. The van der Waals surface area contributed by atoms with Gasteiger partial charge in [-0.1, -0.05) is 0 Å². The Bertz CT molecular complexity index is 501. The lowest BCUT2D eigenvalue weighted by atomic mass is 10.2. The van der Waals surface area contributed by atoms with Gasteiger partial charge in [-0.3, -0.25) is 4.79 Å². The molecule has 0 aromatic carbocycles. The van der Waals surface area contributed by atoms with Gasteiger partial charge in [-0.25, -0.2) is 4.98 Å². The van der Waals surface area contributed by atoms with Crippen molar-refractivity contribution in [3.8, 4) is 0 Å². The van der Waals surface area contributed by atoms with Crippen LogP contribution < -0.4 is 11.1 Å². The first-order chi connectivity index (χ1) is 9.38. The molecular weight excluding hydrogens is 291 g/mol. The minimum atomic E-state index is -4.55. The third kappa shape index (κ3) is 3.56. The third-order valence-electron chi connectivity index (χ3n) is 2.97. The van der Waals surface area contributed by atoms with E-state index >= 15 is 0 Å². The lowest BCUT2D eigenvalue weighted by Gasteiger charge is -2.14. The number of thioether (sulfide) groups is 1. The van der Waals surface area contributed by atoms with Gasteiger partial charge in [0.2, 0.25) is 0 Å². The first kappa shape index (κ1) is 15.0. The fraction of sp³-hybridized carbons (Fsp3) is 0.500. The SMILES string of the molecule is NC(=O)c1ccc(C(F)(F)F)nc1NCC1CCCS1. The van der Waals surface area contributed by atoms with Gasteiger partial charge in [0.05, 0.1) is 5.56 Å². The van der Waals surface area contributed by atoms with E-state index in [9.17, 15) is 18.0 Å². The molecular formula is C12H14F3N3OS. The van der Waals surface area contributed by atoms with Gasteiger partial charge in [-0.2, -0.15) is 24.9 Å². The Hall–Kier alpha value is -1.44. The number of alkyl halides is 3. The molecule has 4 nitrogen and oxygen atoms in total. The second kappa shape index (κ2) is 5.90. The number of carbonyl (C=O) groups excluding carboxylic acids is 1. The molecule has 1 saturated heterocycles. The number of aromatic nitrogens is 1. The number of anilines is 1. The summed E-state index contributed by atoms with van der Waals surface area (Å²) >= 11 is 1.76. The Labute approximate surface area is 118 Å². The normalized spacial score (nSPS) is 19.1. The first-order valence-corrected chi connectivity index (χ1v) is 7.16. The Morgan fingerprint density at radius 2 is 2.25 bits per heavy atom. The molecule has 3 N–H and O–H groups in total. The van der Waals surface area contributed by atoms with Gasteiger partial charge >= 0.3 is 6.18 Å². The van der Waals surface area contributed by atoms with Crippen molar-refractivity contribution in [1.82, 2.24) is 4.98 Å². The number of nitrogens with one attached hydrogen (secondary N) is 1. The molecule has 1 atom stereocenters. The monoisotopic (exact) mass is 305 g/mol. The second-order valence-electron chi connectivity index (χ2n) is 4.47. The number of halogens is 3. The van der Waals surface area contributed by atoms with Crippen LogP contribution in [0.15, 0.2) is 12.1 Å². The molecule has 2 rings (SSSR count). The maximum Gasteiger partial charge on any atom is 0.433 e. The van der Waals surface area contributed by atoms with Crippen LogP contribution in [0, 0.1) is 0 Å². The third-order valence-corrected chi connectivity index (χ3v) is 4.37. The number of amides is 1. The van der Waals surface area contributed by atoms with E-state index in [0.717, 1.165) is 30.7 Å². The van der Waals surface area contributed by atoms with Gasteiger partial charge in [-0.15, -0.1) is 0 Å². The molecule has 1 aromatic heterocycles. The van der Waals surface area contributed by atoms with E-state index in [1.54, 1.807) is 11.8 Å². The van der Waals surface area contributed by atoms with Gasteiger partial charge in [0.25, 0.3) is 5.91 Å². The Morgan fingerprint density at radius 1 is 1.50 bits per heavy atom. The van der Waals surface area contributed by atoms with Gasteiger partial charge in [0, 0.05) is 11.8 Å². The molecule has 0 bridgehead atoms. The zero-order chi connectivity index (χ0) is 14.8. The molecule has 110 valence electrons. The van der Waals surface area contributed by atoms with Crippen LogP contribution >= 0.6 is 11.8 Å². The number of carbonyl (C=O) groups is 1. The highest BCUT2D eigenvalue weighted by molar-refractivity contribution is 8.00. The van der Waals surface area contributed by atoms with Crippen molar-refractivity contribution in [1.29, 1.82) is 0 Å². The summed E-state index contributed by atoms with van der Waals surface area (Å²) in [5.41, 5.74) is 4.09. The Morgan fingerprint density at radius 3 is 2.80 bits per heavy atom. The number of hydrogen-bond donors (Lipinski definition) is 2. The maximum absolute atomic E-state index is 12.6. The summed E-state index contributed by atoms with van der Waals surface area (Å²) in [6.45, 7) is 0.471. The molecule has 8 heteroatoms. The zero-order valence-electron chi connectivity index (χ0n) is 10.5. The van der Waals surface area contributed by atoms with Crippen LogP contribution in [-0.2, 0) is 6.18 Å². The van der Waals surface area contributed by atoms with Gasteiger partial charge in [-0.05, 0) is 30.7 Å². The summed E-state index contributed by atoms with van der Waals surface area (Å²) < 4.78 is 37.9. The molecule has 1 aromatic rings. The molecule has 0 radical (unpaired) electrons. The number of primary amides is 1. The van der Waals surface area contributed by atoms with Gasteiger partial charge < -0.3 is 11.1 Å². The molecule has 1 fully saturated rings. The van der Waals surface area contributed by atoms with E-state index in [-0.39, 0.29) is 11.4 Å². The highest BCUT2D eigenvalue weighted by Gasteiger charge is 2.33. The number of hydrogen-bond acceptors (Lipinski definition) is 4. The highest BCUT2D eigenvalue weighted by Crippen LogP contribution is 2.30. The van der Waals surface area contributed by atoms with Crippen molar-refractivity contribution in [2.75, 3.05) is 17.6 Å². The Balaban J connectivity index is 2.20. The van der Waals surface area contributed by atoms with E-state index < -0.39 is 17.8 Å². The average molecular weight is 305 g/mol. The molecule has 0 spiro atoms. The van der Waals surface area contributed by atoms with Crippen LogP contribution in [0.2, 0.25) is 0 Å². The molecule has 1 aliphatic heterocycles. The van der Waals surface area contributed by atoms with Crippen molar-refractivity contribution < 1.29 is 18.0 Å². The molecule has 1 aliphatic rings. The Kier molecular flexibility index (Phi) is 4.42. The minimum Gasteiger partial charge on any atom is -0.368 e. The highest BCUT2D eigenvalue weighted by atomic mass is 32.2. The fourth-order valence-corrected chi connectivity index (χ4v) is 3.17. The summed E-state index contributed by atoms with van der Waals surface area (Å²) in [5, 5.41) is 3.14. The number of nitrogens with two attached hydrogens (primary N) is 1. The molecule has 1 amide bonds. The van der Waals surface area contributed by atoms with Crippen LogP contribution in [0.25, 0.3) is 0 Å². The van der Waals surface area contributed by atoms with E-state index in [1.165, 1.54) is 0 Å². The lowest BCUT2D eigenvalue weighted by Crippen LogP contribution is -2.21. The molecule has 0 aliphatic carbocycles. The summed E-state index contributed by atoms with van der Waals surface area (Å²) in [4.78, 5) is 14.7. The van der Waals surface area contributed by atoms with Crippen LogP contribution in [0.3, 0.4) is 0 Å². The van der Waals surface area contributed by atoms with Gasteiger partial charge in [0.1, 0.15) is 11.5 Å². The van der Waals surface area contributed by atoms with Crippen LogP contribution in [0.5, 0.6) is 0 Å². The van der Waals surface area contributed by atoms with E-state index in [1.807, 2.05) is 0 Å². The number of nitrogens with zero attached hydrogens (tertiary/aromatic N) is 1. The van der Waals surface area contributed by atoms with Crippen molar-refractivity contribution in [3.63, 3.8) is 0 Å². The quantitative estimate of drug-likeness (QED) is 0.897. The number of rotatable bonds is 4. The smallest absolute Gasteiger partial charge is 0.368 e.